The smallest absolute Gasteiger partial charge is 0.336 e. The lowest BCUT2D eigenvalue weighted by atomic mass is 9.97. The minimum absolute atomic E-state index is 0.319. The first-order valence-electron chi connectivity index (χ1n) is 5.89. The van der Waals surface area contributed by atoms with Crippen LogP contribution < -0.4 is 5.32 Å². The van der Waals surface area contributed by atoms with Crippen LogP contribution in [0.4, 0.5) is 5.69 Å². The van der Waals surface area contributed by atoms with E-state index < -0.39 is 5.97 Å². The standard InChI is InChI=1S/C15H15NO2/c1-2-16-13-10-6-9-12(15(17)18)14(13)11-7-4-3-5-8-11/h3-10,16H,2H2,1H3,(H,17,18). The van der Waals surface area contributed by atoms with Crippen molar-refractivity contribution in [1.29, 1.82) is 0 Å². The molecule has 0 aliphatic carbocycles. The molecule has 3 heteroatoms. The molecule has 3 nitrogen and oxygen atoms in total. The number of hydrogen-bond acceptors (Lipinski definition) is 2. The quantitative estimate of drug-likeness (QED) is 0.861. The zero-order valence-electron chi connectivity index (χ0n) is 10.2. The fourth-order valence-electron chi connectivity index (χ4n) is 1.98. The minimum Gasteiger partial charge on any atom is -0.478 e. The Labute approximate surface area is 106 Å². The summed E-state index contributed by atoms with van der Waals surface area (Å²) in [7, 11) is 0. The Hall–Kier alpha value is -2.29. The van der Waals surface area contributed by atoms with Crippen LogP contribution in [0.3, 0.4) is 0 Å². The van der Waals surface area contributed by atoms with Crippen molar-refractivity contribution in [2.24, 2.45) is 0 Å². The van der Waals surface area contributed by atoms with Crippen molar-refractivity contribution in [3.8, 4) is 11.1 Å². The van der Waals surface area contributed by atoms with Gasteiger partial charge in [-0.05, 0) is 24.6 Å². The third-order valence-electron chi connectivity index (χ3n) is 2.72. The van der Waals surface area contributed by atoms with Crippen molar-refractivity contribution in [1.82, 2.24) is 0 Å². The van der Waals surface area contributed by atoms with E-state index in [1.807, 2.05) is 43.3 Å². The maximum absolute atomic E-state index is 11.3. The lowest BCUT2D eigenvalue weighted by Gasteiger charge is -2.13. The molecule has 2 rings (SSSR count). The molecule has 0 aromatic heterocycles. The molecule has 0 aliphatic rings. The van der Waals surface area contributed by atoms with E-state index in [1.54, 1.807) is 12.1 Å². The molecule has 0 saturated heterocycles. The summed E-state index contributed by atoms with van der Waals surface area (Å²) in [5, 5.41) is 12.5. The highest BCUT2D eigenvalue weighted by molar-refractivity contribution is 6.00. The number of carboxylic acid groups (broad SMARTS) is 1. The zero-order valence-corrected chi connectivity index (χ0v) is 10.2. The third-order valence-corrected chi connectivity index (χ3v) is 2.72. The van der Waals surface area contributed by atoms with Crippen LogP contribution >= 0.6 is 0 Å². The van der Waals surface area contributed by atoms with Gasteiger partial charge in [-0.15, -0.1) is 0 Å². The lowest BCUT2D eigenvalue weighted by molar-refractivity contribution is 0.0698. The van der Waals surface area contributed by atoms with Crippen molar-refractivity contribution < 1.29 is 9.90 Å². The average Bonchev–Trinajstić information content (AvgIpc) is 2.40. The topological polar surface area (TPSA) is 49.3 Å². The molecule has 2 aromatic carbocycles. The van der Waals surface area contributed by atoms with Gasteiger partial charge in [0.05, 0.1) is 5.56 Å². The predicted octanol–water partition coefficient (Wildman–Crippen LogP) is 3.48. The normalized spacial score (nSPS) is 10.1. The van der Waals surface area contributed by atoms with Crippen LogP contribution in [0.15, 0.2) is 48.5 Å². The Bertz CT molecular complexity index is 550. The number of nitrogens with one attached hydrogen (secondary N) is 1. The minimum atomic E-state index is -0.909. The van der Waals surface area contributed by atoms with E-state index in [2.05, 4.69) is 5.32 Å². The van der Waals surface area contributed by atoms with Gasteiger partial charge in [-0.2, -0.15) is 0 Å². The molecular weight excluding hydrogens is 226 g/mol. The van der Waals surface area contributed by atoms with Crippen molar-refractivity contribution in [2.45, 2.75) is 6.92 Å². The van der Waals surface area contributed by atoms with E-state index in [0.717, 1.165) is 23.4 Å². The van der Waals surface area contributed by atoms with Gasteiger partial charge < -0.3 is 10.4 Å². The summed E-state index contributed by atoms with van der Waals surface area (Å²) < 4.78 is 0. The van der Waals surface area contributed by atoms with Gasteiger partial charge in [-0.1, -0.05) is 36.4 Å². The van der Waals surface area contributed by atoms with E-state index in [0.29, 0.717) is 5.56 Å². The van der Waals surface area contributed by atoms with Crippen molar-refractivity contribution in [3.63, 3.8) is 0 Å². The van der Waals surface area contributed by atoms with E-state index in [1.165, 1.54) is 0 Å². The van der Waals surface area contributed by atoms with Crippen LogP contribution in [0.25, 0.3) is 11.1 Å². The van der Waals surface area contributed by atoms with Crippen molar-refractivity contribution >= 4 is 11.7 Å². The van der Waals surface area contributed by atoms with Crippen LogP contribution in [0.1, 0.15) is 17.3 Å². The molecule has 92 valence electrons. The second-order valence-electron chi connectivity index (χ2n) is 3.93. The molecule has 0 spiro atoms. The van der Waals surface area contributed by atoms with Gasteiger partial charge in [0, 0.05) is 17.8 Å². The molecule has 0 unspecified atom stereocenters. The number of rotatable bonds is 4. The van der Waals surface area contributed by atoms with E-state index in [9.17, 15) is 9.90 Å². The molecule has 0 atom stereocenters. The summed E-state index contributed by atoms with van der Waals surface area (Å²) in [4.78, 5) is 11.3. The zero-order chi connectivity index (χ0) is 13.0. The highest BCUT2D eigenvalue weighted by Gasteiger charge is 2.14. The monoisotopic (exact) mass is 241 g/mol. The SMILES string of the molecule is CCNc1cccc(C(=O)O)c1-c1ccccc1. The number of hydrogen-bond donors (Lipinski definition) is 2. The van der Waals surface area contributed by atoms with Gasteiger partial charge in [-0.25, -0.2) is 4.79 Å². The summed E-state index contributed by atoms with van der Waals surface area (Å²) in [5.74, 6) is -0.909. The first kappa shape index (κ1) is 12.2. The first-order valence-corrected chi connectivity index (χ1v) is 5.89. The van der Waals surface area contributed by atoms with Crippen LogP contribution in [0.2, 0.25) is 0 Å². The maximum Gasteiger partial charge on any atom is 0.336 e. The summed E-state index contributed by atoms with van der Waals surface area (Å²) >= 11 is 0. The van der Waals surface area contributed by atoms with Crippen molar-refractivity contribution in [3.05, 3.63) is 54.1 Å². The molecule has 0 radical (unpaired) electrons. The summed E-state index contributed by atoms with van der Waals surface area (Å²) in [5.41, 5.74) is 2.82. The van der Waals surface area contributed by atoms with E-state index in [4.69, 9.17) is 0 Å². The molecule has 0 heterocycles. The third kappa shape index (κ3) is 2.35. The second kappa shape index (κ2) is 5.36. The predicted molar refractivity (Wildman–Crippen MR) is 73.0 cm³/mol. The van der Waals surface area contributed by atoms with Crippen LogP contribution in [-0.4, -0.2) is 17.6 Å². The highest BCUT2D eigenvalue weighted by Crippen LogP contribution is 2.31. The van der Waals surface area contributed by atoms with Crippen molar-refractivity contribution in [2.75, 3.05) is 11.9 Å². The largest absolute Gasteiger partial charge is 0.478 e. The molecule has 0 aliphatic heterocycles. The highest BCUT2D eigenvalue weighted by atomic mass is 16.4. The number of carboxylic acids is 1. The van der Waals surface area contributed by atoms with Crippen LogP contribution in [0, 0.1) is 0 Å². The number of anilines is 1. The van der Waals surface area contributed by atoms with Gasteiger partial charge in [0.1, 0.15) is 0 Å². The molecule has 0 fully saturated rings. The van der Waals surface area contributed by atoms with Gasteiger partial charge in [0.2, 0.25) is 0 Å². The van der Waals surface area contributed by atoms with Crippen LogP contribution in [0.5, 0.6) is 0 Å². The molecule has 0 amide bonds. The fourth-order valence-corrected chi connectivity index (χ4v) is 1.98. The Balaban J connectivity index is 2.64. The van der Waals surface area contributed by atoms with Gasteiger partial charge >= 0.3 is 5.97 Å². The van der Waals surface area contributed by atoms with Crippen LogP contribution in [-0.2, 0) is 0 Å². The number of benzene rings is 2. The average molecular weight is 241 g/mol. The molecule has 0 bridgehead atoms. The molecule has 2 aromatic rings. The maximum atomic E-state index is 11.3. The lowest BCUT2D eigenvalue weighted by Crippen LogP contribution is -2.05. The van der Waals surface area contributed by atoms with Gasteiger partial charge in [0.15, 0.2) is 0 Å². The summed E-state index contributed by atoms with van der Waals surface area (Å²) in [6.45, 7) is 2.74. The van der Waals surface area contributed by atoms with E-state index in [-0.39, 0.29) is 0 Å². The fraction of sp³-hybridized carbons (Fsp3) is 0.133. The summed E-state index contributed by atoms with van der Waals surface area (Å²) in [6, 6.07) is 14.9. The molecule has 18 heavy (non-hydrogen) atoms. The Kier molecular flexibility index (Phi) is 3.63. The summed E-state index contributed by atoms with van der Waals surface area (Å²) in [6.07, 6.45) is 0. The van der Waals surface area contributed by atoms with E-state index >= 15 is 0 Å². The molecule has 0 saturated carbocycles. The number of aromatic carboxylic acids is 1. The first-order chi connectivity index (χ1) is 8.74. The molecule has 2 N–H and O–H groups in total. The molecular formula is C15H15NO2. The Morgan fingerprint density at radius 2 is 1.83 bits per heavy atom. The number of carbonyl (C=O) groups is 1. The van der Waals surface area contributed by atoms with Gasteiger partial charge in [0.25, 0.3) is 0 Å². The van der Waals surface area contributed by atoms with Gasteiger partial charge in [-0.3, -0.25) is 0 Å². The second-order valence-corrected chi connectivity index (χ2v) is 3.93. The Morgan fingerprint density at radius 1 is 1.11 bits per heavy atom. The Morgan fingerprint density at radius 3 is 2.44 bits per heavy atom.